The van der Waals surface area contributed by atoms with Gasteiger partial charge in [0.1, 0.15) is 10.7 Å². The van der Waals surface area contributed by atoms with Crippen molar-refractivity contribution in [2.45, 2.75) is 11.3 Å². The van der Waals surface area contributed by atoms with E-state index in [1.807, 2.05) is 66.7 Å². The number of rotatable bonds is 7. The molecule has 1 N–H and O–H groups in total. The molecule has 3 rings (SSSR count). The van der Waals surface area contributed by atoms with E-state index >= 15 is 0 Å². The molecular weight excluding hydrogens is 500 g/mol. The zero-order valence-electron chi connectivity index (χ0n) is 14.7. The van der Waals surface area contributed by atoms with Crippen LogP contribution in [0, 0.1) is 10.7 Å². The van der Waals surface area contributed by atoms with E-state index in [0.29, 0.717) is 5.56 Å². The molecule has 0 amide bonds. The van der Waals surface area contributed by atoms with Crippen LogP contribution in [0.3, 0.4) is 0 Å². The van der Waals surface area contributed by atoms with Gasteiger partial charge < -0.3 is 5.32 Å². The van der Waals surface area contributed by atoms with E-state index in [1.54, 1.807) is 12.1 Å². The lowest BCUT2D eigenvalue weighted by Gasteiger charge is -2.26. The lowest BCUT2D eigenvalue weighted by molar-refractivity contribution is 0.0983. The highest BCUT2D eigenvalue weighted by Crippen LogP contribution is 2.33. The number of Topliss-reactive ketones (excluding diaryl/α,β-unsaturated/α-hetero) is 1. The summed E-state index contributed by atoms with van der Waals surface area (Å²) in [6.07, 6.45) is 0. The van der Waals surface area contributed by atoms with Crippen molar-refractivity contribution in [2.75, 3.05) is 5.32 Å². The number of carbonyl (C=O) groups excluding carboxylic acids is 1. The van der Waals surface area contributed by atoms with Gasteiger partial charge in [-0.05, 0) is 53.7 Å². The summed E-state index contributed by atoms with van der Waals surface area (Å²) < 4.78 is 1.86. The Morgan fingerprint density at radius 2 is 1.46 bits per heavy atom. The zero-order valence-corrected chi connectivity index (χ0v) is 18.7. The second-order valence-electron chi connectivity index (χ2n) is 6.04. The molecule has 0 fully saturated rings. The maximum Gasteiger partial charge on any atom is 0.179 e. The highest BCUT2D eigenvalue weighted by molar-refractivity contribution is 9.10. The third kappa shape index (κ3) is 5.26. The van der Waals surface area contributed by atoms with Crippen molar-refractivity contribution in [2.24, 2.45) is 0 Å². The monoisotopic (exact) mass is 514 g/mol. The molecular formula is C22H16Br2N2OS. The molecule has 0 bridgehead atoms. The number of hydrogen-bond donors (Lipinski definition) is 1. The molecule has 0 aliphatic heterocycles. The van der Waals surface area contributed by atoms with E-state index in [9.17, 15) is 10.1 Å². The van der Waals surface area contributed by atoms with Gasteiger partial charge in [-0.2, -0.15) is 5.26 Å². The number of nitriles is 1. The van der Waals surface area contributed by atoms with E-state index < -0.39 is 5.25 Å². The fourth-order valence-corrected chi connectivity index (χ4v) is 4.07. The maximum absolute atomic E-state index is 13.3. The van der Waals surface area contributed by atoms with Crippen LogP contribution in [0.5, 0.6) is 0 Å². The number of carbonyl (C=O) groups is 1. The molecule has 3 aromatic carbocycles. The number of ketones is 1. The van der Waals surface area contributed by atoms with Crippen molar-refractivity contribution < 1.29 is 4.79 Å². The van der Waals surface area contributed by atoms with Gasteiger partial charge in [0.05, 0.1) is 6.04 Å². The Balaban J connectivity index is 2.00. The van der Waals surface area contributed by atoms with Gasteiger partial charge in [-0.1, -0.05) is 74.3 Å². The highest BCUT2D eigenvalue weighted by atomic mass is 79.9. The number of halogens is 2. The van der Waals surface area contributed by atoms with Crippen molar-refractivity contribution in [1.82, 2.24) is 0 Å². The van der Waals surface area contributed by atoms with Gasteiger partial charge in [-0.25, -0.2) is 0 Å². The summed E-state index contributed by atoms with van der Waals surface area (Å²) in [5, 5.41) is 14.4. The number of hydrogen-bond acceptors (Lipinski definition) is 4. The normalized spacial score (nSPS) is 12.6. The minimum Gasteiger partial charge on any atom is -0.377 e. The average Bonchev–Trinajstić information content (AvgIpc) is 2.72. The van der Waals surface area contributed by atoms with Crippen LogP contribution >= 0.6 is 43.6 Å². The van der Waals surface area contributed by atoms with Gasteiger partial charge in [0, 0.05) is 20.2 Å². The zero-order chi connectivity index (χ0) is 19.9. The molecule has 140 valence electrons. The molecule has 0 spiro atoms. The Hall–Kier alpha value is -2.07. The first-order valence-electron chi connectivity index (χ1n) is 8.50. The Kier molecular flexibility index (Phi) is 7.32. The quantitative estimate of drug-likeness (QED) is 0.276. The first-order chi connectivity index (χ1) is 13.6. The first-order valence-corrected chi connectivity index (χ1v) is 11.0. The van der Waals surface area contributed by atoms with Crippen LogP contribution in [0.1, 0.15) is 22.0 Å². The largest absolute Gasteiger partial charge is 0.377 e. The van der Waals surface area contributed by atoms with Crippen molar-refractivity contribution in [3.8, 4) is 5.40 Å². The summed E-state index contributed by atoms with van der Waals surface area (Å²) in [5.41, 5.74) is 2.40. The highest BCUT2D eigenvalue weighted by Gasteiger charge is 2.31. The Bertz CT molecular complexity index is 970. The summed E-state index contributed by atoms with van der Waals surface area (Å²) in [7, 11) is 0. The summed E-state index contributed by atoms with van der Waals surface area (Å²) >= 11 is 7.83. The number of para-hydroxylation sites is 1. The molecule has 0 unspecified atom stereocenters. The van der Waals surface area contributed by atoms with Gasteiger partial charge in [-0.3, -0.25) is 4.79 Å². The number of anilines is 1. The van der Waals surface area contributed by atoms with Gasteiger partial charge in [-0.15, -0.1) is 0 Å². The summed E-state index contributed by atoms with van der Waals surface area (Å²) in [6, 6.07) is 24.4. The van der Waals surface area contributed by atoms with E-state index in [-0.39, 0.29) is 11.8 Å². The molecule has 0 radical (unpaired) electrons. The smallest absolute Gasteiger partial charge is 0.179 e. The number of thioether (sulfide) groups is 1. The average molecular weight is 516 g/mol. The minimum atomic E-state index is -0.604. The first kappa shape index (κ1) is 20.7. The molecule has 0 saturated heterocycles. The van der Waals surface area contributed by atoms with E-state index in [4.69, 9.17) is 0 Å². The second-order valence-corrected chi connectivity index (χ2v) is 8.80. The van der Waals surface area contributed by atoms with Gasteiger partial charge in [0.2, 0.25) is 0 Å². The predicted molar refractivity (Wildman–Crippen MR) is 122 cm³/mol. The van der Waals surface area contributed by atoms with Crippen LogP contribution in [0.4, 0.5) is 5.69 Å². The fraction of sp³-hybridized carbons (Fsp3) is 0.0909. The van der Waals surface area contributed by atoms with Gasteiger partial charge in [0.25, 0.3) is 0 Å². The maximum atomic E-state index is 13.3. The summed E-state index contributed by atoms with van der Waals surface area (Å²) in [4.78, 5) is 13.3. The van der Waals surface area contributed by atoms with Crippen molar-refractivity contribution in [1.29, 1.82) is 5.26 Å². The molecule has 0 aliphatic carbocycles. The van der Waals surface area contributed by atoms with Crippen molar-refractivity contribution in [3.63, 3.8) is 0 Å². The van der Waals surface area contributed by atoms with Crippen molar-refractivity contribution in [3.05, 3.63) is 98.9 Å². The molecule has 6 heteroatoms. The number of nitrogens with zero attached hydrogens (tertiary/aromatic N) is 1. The van der Waals surface area contributed by atoms with Crippen LogP contribution in [0.25, 0.3) is 0 Å². The van der Waals surface area contributed by atoms with Crippen LogP contribution in [-0.2, 0) is 0 Å². The standard InChI is InChI=1S/C22H16Br2N2OS/c23-17-10-6-15(7-11-17)20(26-19-4-2-1-3-5-19)22(28-14-25)21(27)16-8-12-18(24)13-9-16/h1-13,20,22,26H/t20-,22-/m0/s1. The third-order valence-electron chi connectivity index (χ3n) is 4.19. The molecule has 3 nitrogen and oxygen atoms in total. The van der Waals surface area contributed by atoms with Gasteiger partial charge in [0.15, 0.2) is 5.78 Å². The van der Waals surface area contributed by atoms with Crippen molar-refractivity contribution >= 4 is 55.1 Å². The number of benzene rings is 3. The van der Waals surface area contributed by atoms with E-state index in [2.05, 4.69) is 42.6 Å². The third-order valence-corrected chi connectivity index (χ3v) is 6.10. The summed E-state index contributed by atoms with van der Waals surface area (Å²) in [6.45, 7) is 0. The Labute approximate surface area is 185 Å². The van der Waals surface area contributed by atoms with E-state index in [1.165, 1.54) is 0 Å². The second kappa shape index (κ2) is 9.92. The minimum absolute atomic E-state index is 0.0876. The summed E-state index contributed by atoms with van der Waals surface area (Å²) in [5.74, 6) is -0.0876. The molecule has 3 aromatic rings. The van der Waals surface area contributed by atoms with Crippen LogP contribution in [0.15, 0.2) is 87.8 Å². The Morgan fingerprint density at radius 3 is 2.04 bits per heavy atom. The lowest BCUT2D eigenvalue weighted by atomic mass is 9.97. The van der Waals surface area contributed by atoms with Crippen LogP contribution < -0.4 is 5.32 Å². The Morgan fingerprint density at radius 1 is 0.893 bits per heavy atom. The molecule has 28 heavy (non-hydrogen) atoms. The predicted octanol–water partition coefficient (Wildman–Crippen LogP) is 6.83. The molecule has 2 atom stereocenters. The molecule has 0 aromatic heterocycles. The van der Waals surface area contributed by atoms with Crippen LogP contribution in [0.2, 0.25) is 0 Å². The SMILES string of the molecule is N#CS[C@H](C(=O)c1ccc(Br)cc1)[C@@H](Nc1ccccc1)c1ccc(Br)cc1. The van der Waals surface area contributed by atoms with Crippen LogP contribution in [-0.4, -0.2) is 11.0 Å². The topological polar surface area (TPSA) is 52.9 Å². The molecule has 0 heterocycles. The molecule has 0 aliphatic rings. The number of thiocyanates is 1. The molecule has 0 saturated carbocycles. The van der Waals surface area contributed by atoms with Gasteiger partial charge >= 0.3 is 0 Å². The fourth-order valence-electron chi connectivity index (χ4n) is 2.83. The lowest BCUT2D eigenvalue weighted by Crippen LogP contribution is -2.30. The van der Waals surface area contributed by atoms with E-state index in [0.717, 1.165) is 32.0 Å². The number of nitrogens with one attached hydrogen (secondary N) is 1.